The Morgan fingerprint density at radius 3 is 2.71 bits per heavy atom. The lowest BCUT2D eigenvalue weighted by molar-refractivity contribution is -0.145. The molecule has 1 aliphatic rings. The minimum Gasteiger partial charge on any atom is -0.481 e. The van der Waals surface area contributed by atoms with E-state index in [2.05, 4.69) is 10.3 Å². The fourth-order valence-electron chi connectivity index (χ4n) is 2.90. The Labute approximate surface area is 128 Å². The molecule has 1 heterocycles. The molecule has 0 aliphatic heterocycles. The van der Waals surface area contributed by atoms with E-state index in [1.165, 1.54) is 0 Å². The summed E-state index contributed by atoms with van der Waals surface area (Å²) in [5.74, 6) is -2.03. The van der Waals surface area contributed by atoms with Crippen molar-refractivity contribution in [2.45, 2.75) is 33.1 Å². The maximum Gasteiger partial charge on any atom is 0.307 e. The number of halogens is 1. The largest absolute Gasteiger partial charge is 0.481 e. The number of anilines is 1. The summed E-state index contributed by atoms with van der Waals surface area (Å²) in [5.41, 5.74) is 1.31. The molecule has 3 unspecified atom stereocenters. The van der Waals surface area contributed by atoms with Crippen LogP contribution in [0.2, 0.25) is 5.15 Å². The van der Waals surface area contributed by atoms with E-state index in [-0.39, 0.29) is 17.0 Å². The molecule has 0 saturated heterocycles. The van der Waals surface area contributed by atoms with E-state index in [9.17, 15) is 14.7 Å². The molecule has 0 radical (unpaired) electrons. The lowest BCUT2D eigenvalue weighted by atomic mass is 9.95. The predicted octanol–water partition coefficient (Wildman–Crippen LogP) is 3.12. The van der Waals surface area contributed by atoms with Gasteiger partial charge in [-0.15, -0.1) is 0 Å². The predicted molar refractivity (Wildman–Crippen MR) is 80.2 cm³/mol. The van der Waals surface area contributed by atoms with Gasteiger partial charge in [0.15, 0.2) is 5.15 Å². The summed E-state index contributed by atoms with van der Waals surface area (Å²) in [6, 6.07) is 1.73. The van der Waals surface area contributed by atoms with Crippen LogP contribution in [0.5, 0.6) is 0 Å². The summed E-state index contributed by atoms with van der Waals surface area (Å²) in [6.45, 7) is 3.87. The number of nitrogens with one attached hydrogen (secondary N) is 1. The third-order valence-corrected chi connectivity index (χ3v) is 4.43. The Kier molecular flexibility index (Phi) is 4.83. The van der Waals surface area contributed by atoms with Crippen molar-refractivity contribution in [1.82, 2.24) is 4.98 Å². The molecular formula is C15H19ClN2O3. The van der Waals surface area contributed by atoms with Crippen LogP contribution >= 0.6 is 11.6 Å². The first-order valence-electron chi connectivity index (χ1n) is 7.08. The number of nitrogens with zero attached hydrogens (tertiary/aromatic N) is 1. The van der Waals surface area contributed by atoms with Crippen LogP contribution in [0.25, 0.3) is 0 Å². The number of hydrogen-bond acceptors (Lipinski definition) is 3. The maximum atomic E-state index is 12.4. The number of carbonyl (C=O) groups excluding carboxylic acids is 1. The Balaban J connectivity index is 2.15. The summed E-state index contributed by atoms with van der Waals surface area (Å²) < 4.78 is 0. The first-order chi connectivity index (χ1) is 9.92. The van der Waals surface area contributed by atoms with Crippen LogP contribution in [0.4, 0.5) is 5.69 Å². The highest BCUT2D eigenvalue weighted by Gasteiger charge is 2.42. The fraction of sp³-hybridized carbons (Fsp3) is 0.533. The zero-order valence-corrected chi connectivity index (χ0v) is 12.9. The number of aryl methyl sites for hydroxylation is 1. The van der Waals surface area contributed by atoms with E-state index in [1.54, 1.807) is 12.3 Å². The van der Waals surface area contributed by atoms with Gasteiger partial charge in [0.25, 0.3) is 0 Å². The van der Waals surface area contributed by atoms with Gasteiger partial charge in [0.1, 0.15) is 0 Å². The Morgan fingerprint density at radius 1 is 1.43 bits per heavy atom. The second kappa shape index (κ2) is 6.43. The molecule has 0 aromatic carbocycles. The second-order valence-corrected chi connectivity index (χ2v) is 6.00. The van der Waals surface area contributed by atoms with Gasteiger partial charge >= 0.3 is 5.97 Å². The van der Waals surface area contributed by atoms with Gasteiger partial charge in [0.2, 0.25) is 5.91 Å². The SMILES string of the molecule is CCC1CC(C(=O)O)C(C(=O)Nc2cc(C)cnc2Cl)C1. The third kappa shape index (κ3) is 3.53. The Morgan fingerprint density at radius 2 is 2.10 bits per heavy atom. The molecule has 1 aromatic heterocycles. The topological polar surface area (TPSA) is 79.3 Å². The molecule has 6 heteroatoms. The van der Waals surface area contributed by atoms with Gasteiger partial charge in [-0.3, -0.25) is 9.59 Å². The van der Waals surface area contributed by atoms with Crippen molar-refractivity contribution in [3.8, 4) is 0 Å². The van der Waals surface area contributed by atoms with E-state index in [0.717, 1.165) is 12.0 Å². The zero-order chi connectivity index (χ0) is 15.6. The van der Waals surface area contributed by atoms with Gasteiger partial charge in [0.05, 0.1) is 17.5 Å². The van der Waals surface area contributed by atoms with Crippen LogP contribution in [0, 0.1) is 24.7 Å². The first-order valence-corrected chi connectivity index (χ1v) is 7.46. The molecule has 3 atom stereocenters. The molecule has 1 aliphatic carbocycles. The quantitative estimate of drug-likeness (QED) is 0.837. The van der Waals surface area contributed by atoms with Crippen molar-refractivity contribution in [2.24, 2.45) is 17.8 Å². The van der Waals surface area contributed by atoms with E-state index < -0.39 is 17.8 Å². The number of hydrogen-bond donors (Lipinski definition) is 2. The molecule has 2 rings (SSSR count). The molecule has 2 N–H and O–H groups in total. The molecule has 21 heavy (non-hydrogen) atoms. The van der Waals surface area contributed by atoms with E-state index >= 15 is 0 Å². The van der Waals surface area contributed by atoms with Gasteiger partial charge < -0.3 is 10.4 Å². The molecule has 5 nitrogen and oxygen atoms in total. The molecule has 1 amide bonds. The molecule has 1 aromatic rings. The van der Waals surface area contributed by atoms with Gasteiger partial charge in [-0.2, -0.15) is 0 Å². The van der Waals surface area contributed by atoms with Gasteiger partial charge in [-0.05, 0) is 37.3 Å². The standard InChI is InChI=1S/C15H19ClN2O3/c1-3-9-5-10(11(6-9)15(20)21)14(19)18-12-4-8(2)7-17-13(12)16/h4,7,9-11H,3,5-6H2,1-2H3,(H,18,19)(H,20,21). The monoisotopic (exact) mass is 310 g/mol. The highest BCUT2D eigenvalue weighted by molar-refractivity contribution is 6.32. The minimum atomic E-state index is -0.903. The number of amides is 1. The number of pyridine rings is 1. The average Bonchev–Trinajstić information content (AvgIpc) is 2.87. The van der Waals surface area contributed by atoms with Crippen molar-refractivity contribution < 1.29 is 14.7 Å². The summed E-state index contributed by atoms with van der Waals surface area (Å²) in [5, 5.41) is 12.2. The minimum absolute atomic E-state index is 0.214. The van der Waals surface area contributed by atoms with Crippen molar-refractivity contribution in [1.29, 1.82) is 0 Å². The number of carbonyl (C=O) groups is 2. The van der Waals surface area contributed by atoms with E-state index in [0.29, 0.717) is 18.5 Å². The molecule has 0 spiro atoms. The number of carboxylic acid groups (broad SMARTS) is 1. The lowest BCUT2D eigenvalue weighted by Crippen LogP contribution is -2.30. The van der Waals surface area contributed by atoms with Gasteiger partial charge in [0, 0.05) is 6.20 Å². The number of carboxylic acids is 1. The smallest absolute Gasteiger partial charge is 0.307 e. The van der Waals surface area contributed by atoms with Crippen LogP contribution < -0.4 is 5.32 Å². The van der Waals surface area contributed by atoms with Crippen LogP contribution in [-0.2, 0) is 9.59 Å². The summed E-state index contributed by atoms with van der Waals surface area (Å²) >= 11 is 5.96. The summed E-state index contributed by atoms with van der Waals surface area (Å²) in [6.07, 6.45) is 3.67. The lowest BCUT2D eigenvalue weighted by Gasteiger charge is -2.16. The van der Waals surface area contributed by atoms with Crippen molar-refractivity contribution in [2.75, 3.05) is 5.32 Å². The van der Waals surface area contributed by atoms with Crippen molar-refractivity contribution in [3.05, 3.63) is 23.0 Å². The van der Waals surface area contributed by atoms with Gasteiger partial charge in [-0.1, -0.05) is 24.9 Å². The molecule has 1 fully saturated rings. The average molecular weight is 311 g/mol. The Bertz CT molecular complexity index is 562. The number of aliphatic carboxylic acids is 1. The van der Waals surface area contributed by atoms with Gasteiger partial charge in [-0.25, -0.2) is 4.98 Å². The summed E-state index contributed by atoms with van der Waals surface area (Å²) in [4.78, 5) is 27.7. The maximum absolute atomic E-state index is 12.4. The highest BCUT2D eigenvalue weighted by atomic mass is 35.5. The second-order valence-electron chi connectivity index (χ2n) is 5.64. The normalized spacial score (nSPS) is 24.8. The number of rotatable bonds is 4. The van der Waals surface area contributed by atoms with Crippen LogP contribution in [0.3, 0.4) is 0 Å². The van der Waals surface area contributed by atoms with E-state index in [1.807, 2.05) is 13.8 Å². The fourth-order valence-corrected chi connectivity index (χ4v) is 3.06. The highest BCUT2D eigenvalue weighted by Crippen LogP contribution is 2.39. The summed E-state index contributed by atoms with van der Waals surface area (Å²) in [7, 11) is 0. The van der Waals surface area contributed by atoms with Crippen LogP contribution in [0.1, 0.15) is 31.7 Å². The van der Waals surface area contributed by atoms with Crippen molar-refractivity contribution >= 4 is 29.2 Å². The molecule has 1 saturated carbocycles. The zero-order valence-electron chi connectivity index (χ0n) is 12.1. The molecule has 114 valence electrons. The third-order valence-electron chi connectivity index (χ3n) is 4.13. The van der Waals surface area contributed by atoms with Crippen molar-refractivity contribution in [3.63, 3.8) is 0 Å². The van der Waals surface area contributed by atoms with Crippen LogP contribution in [-0.4, -0.2) is 22.0 Å². The Hall–Kier alpha value is -1.62. The first kappa shape index (κ1) is 15.8. The van der Waals surface area contributed by atoms with E-state index in [4.69, 9.17) is 11.6 Å². The van der Waals surface area contributed by atoms with Crippen LogP contribution in [0.15, 0.2) is 12.3 Å². The number of aromatic nitrogens is 1. The molecule has 0 bridgehead atoms. The molecular weight excluding hydrogens is 292 g/mol.